The molecule has 3 heterocycles. The maximum Gasteiger partial charge on any atom is 0.104 e. The number of fused-ring (bicyclic) bond motifs is 4. The summed E-state index contributed by atoms with van der Waals surface area (Å²) in [5.41, 5.74) is 2.90. The van der Waals surface area contributed by atoms with Crippen LogP contribution in [0.3, 0.4) is 0 Å². The van der Waals surface area contributed by atoms with Gasteiger partial charge in [0.05, 0.1) is 16.4 Å². The lowest BCUT2D eigenvalue weighted by molar-refractivity contribution is 1.06. The summed E-state index contributed by atoms with van der Waals surface area (Å²) in [6, 6.07) is 18.7. The number of hydrogen-bond acceptors (Lipinski definition) is 4. The van der Waals surface area contributed by atoms with E-state index in [-0.39, 0.29) is 0 Å². The van der Waals surface area contributed by atoms with Gasteiger partial charge in [0.25, 0.3) is 0 Å². The van der Waals surface area contributed by atoms with Crippen LogP contribution in [-0.2, 0) is 0 Å². The number of hydrogen-bond donors (Lipinski definition) is 0. The summed E-state index contributed by atoms with van der Waals surface area (Å²) in [5, 5.41) is 12.2. The lowest BCUT2D eigenvalue weighted by atomic mass is 10.0. The number of rotatable bonds is 1. The summed E-state index contributed by atoms with van der Waals surface area (Å²) in [5.74, 6) is 0. The second-order valence-corrected chi connectivity index (χ2v) is 6.50. The van der Waals surface area contributed by atoms with Crippen molar-refractivity contribution in [3.8, 4) is 11.3 Å². The van der Waals surface area contributed by atoms with E-state index in [1.165, 1.54) is 15.5 Å². The Kier molecular flexibility index (Phi) is 2.66. The van der Waals surface area contributed by atoms with E-state index in [0.717, 1.165) is 26.9 Å². The lowest BCUT2D eigenvalue weighted by Crippen LogP contribution is -1.90. The normalized spacial score (nSPS) is 11.5. The third kappa shape index (κ3) is 1.85. The van der Waals surface area contributed by atoms with Crippen molar-refractivity contribution in [1.82, 2.24) is 15.2 Å². The molecule has 0 saturated carbocycles. The van der Waals surface area contributed by atoms with Crippen molar-refractivity contribution in [2.75, 3.05) is 0 Å². The van der Waals surface area contributed by atoms with Gasteiger partial charge in [-0.1, -0.05) is 42.5 Å². The molecule has 108 valence electrons. The van der Waals surface area contributed by atoms with Gasteiger partial charge in [0.2, 0.25) is 0 Å². The first-order chi connectivity index (χ1) is 11.4. The van der Waals surface area contributed by atoms with Crippen molar-refractivity contribution in [2.45, 2.75) is 0 Å². The van der Waals surface area contributed by atoms with Crippen molar-refractivity contribution in [1.29, 1.82) is 0 Å². The SMILES string of the molecule is c1cnc2c(-c3nncc4sc5ccccc5c34)cccc2c1. The van der Waals surface area contributed by atoms with E-state index in [1.54, 1.807) is 11.3 Å². The zero-order chi connectivity index (χ0) is 15.2. The summed E-state index contributed by atoms with van der Waals surface area (Å²) in [6.07, 6.45) is 3.67. The first-order valence-corrected chi connectivity index (χ1v) is 8.20. The van der Waals surface area contributed by atoms with Gasteiger partial charge in [0.15, 0.2) is 0 Å². The summed E-state index contributed by atoms with van der Waals surface area (Å²) in [6.45, 7) is 0. The van der Waals surface area contributed by atoms with Gasteiger partial charge in [-0.05, 0) is 12.1 Å². The van der Waals surface area contributed by atoms with Crippen LogP contribution in [0.5, 0.6) is 0 Å². The highest BCUT2D eigenvalue weighted by Gasteiger charge is 2.14. The van der Waals surface area contributed by atoms with Crippen LogP contribution in [0.1, 0.15) is 0 Å². The van der Waals surface area contributed by atoms with Crippen LogP contribution >= 0.6 is 11.3 Å². The molecule has 3 aromatic heterocycles. The zero-order valence-corrected chi connectivity index (χ0v) is 12.9. The maximum atomic E-state index is 4.56. The molecular formula is C19H11N3S. The Hall–Kier alpha value is -2.85. The Labute approximate surface area is 136 Å². The van der Waals surface area contributed by atoms with E-state index >= 15 is 0 Å². The molecule has 0 atom stereocenters. The number of benzene rings is 2. The fourth-order valence-corrected chi connectivity index (χ4v) is 4.14. The van der Waals surface area contributed by atoms with Crippen LogP contribution in [0.4, 0.5) is 0 Å². The molecule has 3 nitrogen and oxygen atoms in total. The van der Waals surface area contributed by atoms with Crippen LogP contribution in [0.2, 0.25) is 0 Å². The fraction of sp³-hybridized carbons (Fsp3) is 0. The Balaban J connectivity index is 1.96. The first kappa shape index (κ1) is 12.7. The van der Waals surface area contributed by atoms with Crippen molar-refractivity contribution >= 4 is 42.4 Å². The highest BCUT2D eigenvalue weighted by Crippen LogP contribution is 2.39. The molecule has 0 aliphatic carbocycles. The monoisotopic (exact) mass is 313 g/mol. The number of para-hydroxylation sites is 1. The van der Waals surface area contributed by atoms with E-state index in [4.69, 9.17) is 0 Å². The third-order valence-corrected chi connectivity index (χ3v) is 5.19. The number of nitrogens with zero attached hydrogens (tertiary/aromatic N) is 3. The van der Waals surface area contributed by atoms with Gasteiger partial charge in [-0.3, -0.25) is 4.98 Å². The first-order valence-electron chi connectivity index (χ1n) is 7.39. The van der Waals surface area contributed by atoms with Gasteiger partial charge in [-0.25, -0.2) is 0 Å². The molecule has 2 aromatic carbocycles. The highest BCUT2D eigenvalue weighted by atomic mass is 32.1. The third-order valence-electron chi connectivity index (χ3n) is 4.08. The minimum atomic E-state index is 0.907. The molecule has 0 unspecified atom stereocenters. The molecule has 0 N–H and O–H groups in total. The van der Waals surface area contributed by atoms with Gasteiger partial charge in [-0.15, -0.1) is 16.4 Å². The van der Waals surface area contributed by atoms with Crippen LogP contribution in [0.25, 0.3) is 42.3 Å². The summed E-state index contributed by atoms with van der Waals surface area (Å²) >= 11 is 1.75. The van der Waals surface area contributed by atoms with E-state index < -0.39 is 0 Å². The molecular weight excluding hydrogens is 302 g/mol. The fourth-order valence-electron chi connectivity index (χ4n) is 3.07. The van der Waals surface area contributed by atoms with Crippen LogP contribution in [-0.4, -0.2) is 15.2 Å². The van der Waals surface area contributed by atoms with E-state index in [1.807, 2.05) is 18.5 Å². The number of thiophene rings is 1. The summed E-state index contributed by atoms with van der Waals surface area (Å²) in [7, 11) is 0. The largest absolute Gasteiger partial charge is 0.256 e. The molecule has 0 spiro atoms. The average Bonchev–Trinajstić information content (AvgIpc) is 3.00. The summed E-state index contributed by atoms with van der Waals surface area (Å²) in [4.78, 5) is 4.56. The molecule has 4 heteroatoms. The van der Waals surface area contributed by atoms with Gasteiger partial charge in [-0.2, -0.15) is 5.10 Å². The molecule has 0 radical (unpaired) electrons. The minimum absolute atomic E-state index is 0.907. The summed E-state index contributed by atoms with van der Waals surface area (Å²) < 4.78 is 2.41. The van der Waals surface area contributed by atoms with Crippen LogP contribution in [0, 0.1) is 0 Å². The Bertz CT molecular complexity index is 1170. The van der Waals surface area contributed by atoms with Gasteiger partial charge < -0.3 is 0 Å². The van der Waals surface area contributed by atoms with Crippen molar-refractivity contribution in [3.05, 3.63) is 67.0 Å². The Morgan fingerprint density at radius 3 is 2.74 bits per heavy atom. The molecule has 0 saturated heterocycles. The van der Waals surface area contributed by atoms with Crippen molar-refractivity contribution in [2.24, 2.45) is 0 Å². The molecule has 23 heavy (non-hydrogen) atoms. The number of pyridine rings is 1. The molecule has 5 rings (SSSR count). The predicted molar refractivity (Wildman–Crippen MR) is 95.7 cm³/mol. The molecule has 5 aromatic rings. The second kappa shape index (κ2) is 4.83. The average molecular weight is 313 g/mol. The Morgan fingerprint density at radius 2 is 1.74 bits per heavy atom. The van der Waals surface area contributed by atoms with Gasteiger partial charge >= 0.3 is 0 Å². The topological polar surface area (TPSA) is 38.7 Å². The van der Waals surface area contributed by atoms with Crippen molar-refractivity contribution in [3.63, 3.8) is 0 Å². The van der Waals surface area contributed by atoms with E-state index in [9.17, 15) is 0 Å². The van der Waals surface area contributed by atoms with Gasteiger partial charge in [0, 0.05) is 32.6 Å². The highest BCUT2D eigenvalue weighted by molar-refractivity contribution is 7.25. The maximum absolute atomic E-state index is 4.56. The minimum Gasteiger partial charge on any atom is -0.256 e. The van der Waals surface area contributed by atoms with E-state index in [2.05, 4.69) is 63.7 Å². The lowest BCUT2D eigenvalue weighted by Gasteiger charge is -2.06. The standard InChI is InChI=1S/C19H11N3S/c1-2-9-15-13(7-1)17-16(23-15)11-21-22-19(17)14-8-3-5-12-6-4-10-20-18(12)14/h1-11H. The second-order valence-electron chi connectivity index (χ2n) is 5.41. The molecule has 0 bridgehead atoms. The molecule has 0 amide bonds. The Morgan fingerprint density at radius 1 is 0.826 bits per heavy atom. The predicted octanol–water partition coefficient (Wildman–Crippen LogP) is 5.06. The van der Waals surface area contributed by atoms with Gasteiger partial charge in [0.1, 0.15) is 5.69 Å². The molecule has 0 aliphatic rings. The molecule has 0 aliphatic heterocycles. The van der Waals surface area contributed by atoms with Crippen molar-refractivity contribution < 1.29 is 0 Å². The molecule has 0 fully saturated rings. The quantitative estimate of drug-likeness (QED) is 0.434. The van der Waals surface area contributed by atoms with E-state index in [0.29, 0.717) is 0 Å². The van der Waals surface area contributed by atoms with Crippen LogP contribution < -0.4 is 0 Å². The smallest absolute Gasteiger partial charge is 0.104 e. The zero-order valence-electron chi connectivity index (χ0n) is 12.1. The van der Waals surface area contributed by atoms with Crippen LogP contribution in [0.15, 0.2) is 67.0 Å². The number of aromatic nitrogens is 3.